The normalized spacial score (nSPS) is 18.6. The van der Waals surface area contributed by atoms with Gasteiger partial charge in [-0.15, -0.1) is 0 Å². The Bertz CT molecular complexity index is 3390. The van der Waals surface area contributed by atoms with E-state index in [4.69, 9.17) is 15.0 Å². The minimum Gasteiger partial charge on any atom is -0.480 e. The van der Waals surface area contributed by atoms with Crippen LogP contribution in [0.25, 0.3) is 0 Å². The Hall–Kier alpha value is -6.96. The number of ether oxygens (including phenoxy) is 1. The number of aliphatic carboxylic acids is 1. The van der Waals surface area contributed by atoms with Gasteiger partial charge in [0.1, 0.15) is 12.6 Å². The molecule has 0 radical (unpaired) electrons. The average molecular weight is 1260 g/mol. The van der Waals surface area contributed by atoms with Gasteiger partial charge < -0.3 is 20.5 Å². The molecule has 8 heterocycles. The van der Waals surface area contributed by atoms with Crippen molar-refractivity contribution in [1.82, 2.24) is 54.3 Å². The molecule has 4 saturated heterocycles. The van der Waals surface area contributed by atoms with Crippen molar-refractivity contribution in [2.24, 2.45) is 5.14 Å². The number of hydrogen-bond donors (Lipinski definition) is 7. The Morgan fingerprint density at radius 3 is 1.30 bits per heavy atom. The summed E-state index contributed by atoms with van der Waals surface area (Å²) in [7, 11) is -12.8. The van der Waals surface area contributed by atoms with Crippen LogP contribution in [0.1, 0.15) is 79.2 Å². The first-order valence-corrected chi connectivity index (χ1v) is 32.7. The van der Waals surface area contributed by atoms with Crippen LogP contribution in [0, 0.1) is 27.7 Å². The van der Waals surface area contributed by atoms with E-state index in [9.17, 15) is 57.6 Å². The van der Waals surface area contributed by atoms with Crippen LogP contribution in [-0.4, -0.2) is 148 Å². The molecule has 32 heteroatoms. The van der Waals surface area contributed by atoms with E-state index in [1.807, 2.05) is 67.5 Å². The van der Waals surface area contributed by atoms with Gasteiger partial charge in [0.25, 0.3) is 57.8 Å². The van der Waals surface area contributed by atoms with Gasteiger partial charge in [0, 0.05) is 37.9 Å². The third kappa shape index (κ3) is 21.3. The predicted octanol–water partition coefficient (Wildman–Crippen LogP) is 2.25. The summed E-state index contributed by atoms with van der Waals surface area (Å²) in [5.74, 6) is -2.51. The largest absolute Gasteiger partial charge is 0.480 e. The van der Waals surface area contributed by atoms with E-state index < -0.39 is 94.0 Å². The van der Waals surface area contributed by atoms with Crippen LogP contribution >= 0.6 is 9.39 Å². The smallest absolute Gasteiger partial charge is 0.410 e. The molecule has 0 spiro atoms. The molecule has 4 aliphatic rings. The highest BCUT2D eigenvalue weighted by Crippen LogP contribution is 2.22. The highest BCUT2D eigenvalue weighted by molar-refractivity contribution is 7.90. The molecule has 456 valence electrons. The van der Waals surface area contributed by atoms with E-state index in [2.05, 4.69) is 44.7 Å². The number of carbonyl (C=O) groups is 5. The summed E-state index contributed by atoms with van der Waals surface area (Å²) in [6.45, 7) is 10.1. The van der Waals surface area contributed by atoms with Crippen LogP contribution < -0.4 is 29.9 Å². The van der Waals surface area contributed by atoms with E-state index in [0.717, 1.165) is 66.7 Å². The molecule has 4 amide bonds. The van der Waals surface area contributed by atoms with Crippen molar-refractivity contribution >= 4 is 79.3 Å². The quantitative estimate of drug-likeness (QED) is 0.0831. The Balaban J connectivity index is 0.000000194. The number of carboxylic acids is 1. The summed E-state index contributed by atoms with van der Waals surface area (Å²) >= 11 is 0. The van der Waals surface area contributed by atoms with E-state index in [0.29, 0.717) is 38.6 Å². The third-order valence-electron chi connectivity index (χ3n) is 12.7. The summed E-state index contributed by atoms with van der Waals surface area (Å²) in [6.07, 6.45) is 11.1. The number of amides is 4. The number of pyridine rings is 4. The Morgan fingerprint density at radius 1 is 0.560 bits per heavy atom. The van der Waals surface area contributed by atoms with E-state index in [-0.39, 0.29) is 26.7 Å². The molecule has 1 unspecified atom stereocenters. The molecule has 84 heavy (non-hydrogen) atoms. The fourth-order valence-corrected chi connectivity index (χ4v) is 11.9. The molecular formula is C52H69N12O15PS4. The first-order valence-electron chi connectivity index (χ1n) is 26.2. The summed E-state index contributed by atoms with van der Waals surface area (Å²) < 4.78 is 106. The number of nitrogens with one attached hydrogen (secondary N) is 5. The molecule has 4 aromatic heterocycles. The summed E-state index contributed by atoms with van der Waals surface area (Å²) in [5.41, 5.74) is 4.36. The zero-order chi connectivity index (χ0) is 61.8. The molecule has 5 aromatic rings. The monoisotopic (exact) mass is 1260 g/mol. The van der Waals surface area contributed by atoms with Gasteiger partial charge in [0.05, 0.1) is 18.1 Å². The maximum absolute atomic E-state index is 12.0. The van der Waals surface area contributed by atoms with Gasteiger partial charge in [-0.05, 0) is 144 Å². The first kappa shape index (κ1) is 67.8. The van der Waals surface area contributed by atoms with E-state index in [1.165, 1.54) is 54.0 Å². The number of nitrogens with two attached hydrogens (primary N) is 1. The van der Waals surface area contributed by atoms with E-state index >= 15 is 0 Å². The molecule has 0 bridgehead atoms. The fraction of sp³-hybridized carbons (Fsp3) is 0.404. The zero-order valence-corrected chi connectivity index (χ0v) is 50.9. The fourth-order valence-electron chi connectivity index (χ4n) is 8.16. The highest BCUT2D eigenvalue weighted by Gasteiger charge is 2.35. The van der Waals surface area contributed by atoms with Crippen molar-refractivity contribution in [3.05, 3.63) is 131 Å². The van der Waals surface area contributed by atoms with Crippen molar-refractivity contribution in [3.8, 4) is 0 Å². The number of primary sulfonamides is 1. The topological polar surface area (TPSA) is 396 Å². The summed E-state index contributed by atoms with van der Waals surface area (Å²) in [6, 6.07) is 19.4. The number of hydrogen-bond acceptors (Lipinski definition) is 21. The van der Waals surface area contributed by atoms with Crippen LogP contribution in [0.4, 0.5) is 4.79 Å². The molecule has 0 saturated carbocycles. The first-order chi connectivity index (χ1) is 39.6. The minimum atomic E-state index is -3.88. The Labute approximate surface area is 491 Å². The second kappa shape index (κ2) is 31.3. The summed E-state index contributed by atoms with van der Waals surface area (Å²) in [4.78, 5) is 74.5. The van der Waals surface area contributed by atoms with Crippen LogP contribution in [0.3, 0.4) is 0 Å². The van der Waals surface area contributed by atoms with Gasteiger partial charge in [-0.1, -0.05) is 64.0 Å². The Kier molecular flexibility index (Phi) is 25.2. The number of carboxylic acid groups (broad SMARTS) is 1. The van der Waals surface area contributed by atoms with Crippen LogP contribution in [-0.2, 0) is 70.6 Å². The highest BCUT2D eigenvalue weighted by atomic mass is 32.2. The van der Waals surface area contributed by atoms with Gasteiger partial charge in [0.15, 0.2) is 20.1 Å². The number of likely N-dealkylation sites (tertiary alicyclic amines) is 1. The van der Waals surface area contributed by atoms with E-state index in [1.54, 1.807) is 28.9 Å². The lowest BCUT2D eigenvalue weighted by molar-refractivity contribution is -0.141. The molecule has 5 atom stereocenters. The molecule has 4 aliphatic heterocycles. The van der Waals surface area contributed by atoms with Gasteiger partial charge in [-0.25, -0.2) is 57.2 Å². The van der Waals surface area contributed by atoms with Crippen molar-refractivity contribution in [2.45, 2.75) is 130 Å². The van der Waals surface area contributed by atoms with Gasteiger partial charge >= 0.3 is 12.1 Å². The van der Waals surface area contributed by atoms with Gasteiger partial charge in [-0.3, -0.25) is 24.0 Å². The third-order valence-corrected chi connectivity index (χ3v) is 17.9. The van der Waals surface area contributed by atoms with Gasteiger partial charge in [0.2, 0.25) is 0 Å². The van der Waals surface area contributed by atoms with Crippen molar-refractivity contribution < 1.29 is 67.5 Å². The maximum Gasteiger partial charge on any atom is 0.410 e. The van der Waals surface area contributed by atoms with Crippen LogP contribution in [0.5, 0.6) is 0 Å². The number of aryl methyl sites for hydroxylation is 4. The minimum absolute atomic E-state index is 0.0944. The lowest BCUT2D eigenvalue weighted by Gasteiger charge is -2.20. The summed E-state index contributed by atoms with van der Waals surface area (Å²) in [5, 5.41) is 19.2. The lowest BCUT2D eigenvalue weighted by Crippen LogP contribution is -2.43. The number of rotatable bonds is 13. The second-order valence-electron chi connectivity index (χ2n) is 19.6. The molecular weight excluding hydrogens is 1190 g/mol. The molecule has 0 aliphatic carbocycles. The number of nitrogens with zero attached hydrogens (tertiary/aromatic N) is 6. The standard InChI is InChI=1S/C13H15NO4.C11H16N3O3PS.2C11H15N3O3S.C6H8N2O2S/c15-12(16)11-7-4-8-14(11)13(17)18-9-10-5-2-1-3-6-10;1-8-4-5-10(12-7-8)19(16,17)13-11(15)9-3-2-6-14(9)18;2*1-8-4-5-10(13-7-8)18(16,17)14-11(15)9-3-2-6-12-9;1-5-2-3-6(8-4-5)11(7,9)10/h1-3,5-6,11H,4,7-9H2,(H,15,16);4-5,7,9H,2-3,6,18H2,1H3,(H,13,15);2*4-5,7,9,12H,2-3,6H2,1H3,(H,14,15);2-4H,1H3,(H2,7,9,10)/t11-;3*9-;/m0010./s1. The predicted molar refractivity (Wildman–Crippen MR) is 309 cm³/mol. The number of sulfonamides is 4. The second-order valence-corrected chi connectivity index (χ2v) is 26.6. The Morgan fingerprint density at radius 2 is 0.952 bits per heavy atom. The number of carbonyl (C=O) groups excluding carboxylic acids is 4. The van der Waals surface area contributed by atoms with Gasteiger partial charge in [-0.2, -0.15) is 25.3 Å². The molecule has 4 fully saturated rings. The number of aromatic nitrogens is 4. The molecule has 8 N–H and O–H groups in total. The SMILES string of the molecule is Cc1ccc(S(=O)(=O)NC(=O)[C@@H]2CCCN2)nc1.Cc1ccc(S(=O)(=O)NC(=O)[C@@H]2CCCN2P)nc1.Cc1ccc(S(=O)(=O)NC(=O)[C@H]2CCCN2)nc1.Cc1ccc(S(N)(=O)=O)nc1.O=C(O)[C@@H]1CCCN1C(=O)OCc1ccccc1. The van der Waals surface area contributed by atoms with Crippen LogP contribution in [0.15, 0.2) is 124 Å². The lowest BCUT2D eigenvalue weighted by atomic mass is 10.2. The van der Waals surface area contributed by atoms with Crippen molar-refractivity contribution in [3.63, 3.8) is 0 Å². The zero-order valence-electron chi connectivity index (χ0n) is 46.5. The average Bonchev–Trinajstić information content (AvgIpc) is 4.44. The van der Waals surface area contributed by atoms with Crippen molar-refractivity contribution in [2.75, 3.05) is 26.2 Å². The molecule has 27 nitrogen and oxygen atoms in total. The maximum atomic E-state index is 12.0. The molecule has 9 rings (SSSR count). The van der Waals surface area contributed by atoms with Crippen molar-refractivity contribution in [1.29, 1.82) is 0 Å². The molecule has 1 aromatic carbocycles. The van der Waals surface area contributed by atoms with Crippen LogP contribution in [0.2, 0.25) is 0 Å². The number of benzene rings is 1.